The Bertz CT molecular complexity index is 1000. The Morgan fingerprint density at radius 3 is 2.85 bits per heavy atom. The summed E-state index contributed by atoms with van der Waals surface area (Å²) in [6.45, 7) is 5.96. The van der Waals surface area contributed by atoms with Crippen molar-refractivity contribution in [2.24, 2.45) is 0 Å². The van der Waals surface area contributed by atoms with Crippen LogP contribution in [0.15, 0.2) is 42.6 Å². The molecule has 2 aromatic heterocycles. The number of rotatable bonds is 5. The van der Waals surface area contributed by atoms with Crippen LogP contribution in [-0.2, 0) is 0 Å². The quantitative estimate of drug-likeness (QED) is 0.553. The van der Waals surface area contributed by atoms with E-state index in [4.69, 9.17) is 4.74 Å². The maximum Gasteiger partial charge on any atom is 0.281 e. The Morgan fingerprint density at radius 2 is 1.96 bits per heavy atom. The van der Waals surface area contributed by atoms with E-state index in [9.17, 15) is 4.79 Å². The zero-order chi connectivity index (χ0) is 18.2. The largest absolute Gasteiger partial charge is 0.492 e. The summed E-state index contributed by atoms with van der Waals surface area (Å²) < 4.78 is 7.94. The molecule has 0 bridgehead atoms. The van der Waals surface area contributed by atoms with Crippen LogP contribution in [-0.4, -0.2) is 59.7 Å². The summed E-state index contributed by atoms with van der Waals surface area (Å²) in [6.07, 6.45) is 2.75. The number of hydrogen-bond donors (Lipinski definition) is 1. The number of para-hydroxylation sites is 1. The lowest BCUT2D eigenvalue weighted by atomic mass is 10.1. The van der Waals surface area contributed by atoms with Crippen molar-refractivity contribution < 1.29 is 9.53 Å². The van der Waals surface area contributed by atoms with Crippen LogP contribution < -0.4 is 10.1 Å². The second-order valence-electron chi connectivity index (χ2n) is 7.04. The van der Waals surface area contributed by atoms with E-state index < -0.39 is 0 Å². The lowest BCUT2D eigenvalue weighted by Crippen LogP contribution is -2.43. The second kappa shape index (κ2) is 6.79. The van der Waals surface area contributed by atoms with E-state index in [0.717, 1.165) is 67.1 Å². The SMILES string of the molecule is O=C1c2nc3ccccc3c(OCCCN3CCNCC3)c2-c2cccn21. The second-order valence-corrected chi connectivity index (χ2v) is 7.04. The summed E-state index contributed by atoms with van der Waals surface area (Å²) in [5.41, 5.74) is 2.98. The normalized spacial score (nSPS) is 16.5. The van der Waals surface area contributed by atoms with E-state index in [1.807, 2.05) is 36.4 Å². The summed E-state index contributed by atoms with van der Waals surface area (Å²) in [5, 5.41) is 4.34. The van der Waals surface area contributed by atoms with E-state index in [1.54, 1.807) is 10.8 Å². The molecule has 2 aliphatic rings. The predicted octanol–water partition coefficient (Wildman–Crippen LogP) is 2.38. The summed E-state index contributed by atoms with van der Waals surface area (Å²) >= 11 is 0. The fourth-order valence-electron chi connectivity index (χ4n) is 4.00. The molecule has 0 spiro atoms. The predicted molar refractivity (Wildman–Crippen MR) is 104 cm³/mol. The third-order valence-electron chi connectivity index (χ3n) is 5.35. The smallest absolute Gasteiger partial charge is 0.281 e. The molecule has 3 aromatic rings. The van der Waals surface area contributed by atoms with Crippen molar-refractivity contribution in [1.29, 1.82) is 0 Å². The lowest BCUT2D eigenvalue weighted by Gasteiger charge is -2.27. The number of hydrogen-bond acceptors (Lipinski definition) is 5. The Morgan fingerprint density at radius 1 is 1.11 bits per heavy atom. The molecular weight excluding hydrogens is 340 g/mol. The molecule has 27 heavy (non-hydrogen) atoms. The molecule has 0 saturated carbocycles. The summed E-state index contributed by atoms with van der Waals surface area (Å²) in [7, 11) is 0. The highest BCUT2D eigenvalue weighted by molar-refractivity contribution is 6.12. The average molecular weight is 362 g/mol. The molecule has 6 heteroatoms. The van der Waals surface area contributed by atoms with Gasteiger partial charge in [0.2, 0.25) is 0 Å². The highest BCUT2D eigenvalue weighted by atomic mass is 16.5. The van der Waals surface area contributed by atoms with Crippen LogP contribution in [0, 0.1) is 0 Å². The van der Waals surface area contributed by atoms with E-state index >= 15 is 0 Å². The van der Waals surface area contributed by atoms with Gasteiger partial charge in [-0.1, -0.05) is 12.1 Å². The van der Waals surface area contributed by atoms with Gasteiger partial charge in [-0.3, -0.25) is 9.36 Å². The molecule has 2 aliphatic heterocycles. The van der Waals surface area contributed by atoms with Gasteiger partial charge < -0.3 is 15.0 Å². The molecule has 0 aliphatic carbocycles. The van der Waals surface area contributed by atoms with Gasteiger partial charge in [0.25, 0.3) is 5.91 Å². The molecule has 1 N–H and O–H groups in total. The standard InChI is InChI=1S/C21H22N4O2/c26-21-19-18(17-7-3-11-25(17)21)20(15-5-1-2-6-16(15)23-19)27-14-4-10-24-12-8-22-9-13-24/h1-3,5-7,11,22H,4,8-10,12-14H2. The first-order chi connectivity index (χ1) is 13.3. The van der Waals surface area contributed by atoms with Crippen molar-refractivity contribution in [2.75, 3.05) is 39.3 Å². The molecular formula is C21H22N4O2. The van der Waals surface area contributed by atoms with E-state index in [-0.39, 0.29) is 5.91 Å². The third-order valence-corrected chi connectivity index (χ3v) is 5.35. The van der Waals surface area contributed by atoms with Crippen LogP contribution in [0.1, 0.15) is 16.9 Å². The van der Waals surface area contributed by atoms with Crippen molar-refractivity contribution >= 4 is 16.8 Å². The maximum absolute atomic E-state index is 12.7. The van der Waals surface area contributed by atoms with Crippen LogP contribution in [0.25, 0.3) is 22.2 Å². The number of nitrogens with one attached hydrogen (secondary N) is 1. The number of nitrogens with zero attached hydrogens (tertiary/aromatic N) is 3. The molecule has 4 heterocycles. The fourth-order valence-corrected chi connectivity index (χ4v) is 4.00. The van der Waals surface area contributed by atoms with Gasteiger partial charge in [-0.15, -0.1) is 0 Å². The van der Waals surface area contributed by atoms with Crippen molar-refractivity contribution in [3.8, 4) is 17.0 Å². The Hall–Kier alpha value is -2.70. The van der Waals surface area contributed by atoms with Gasteiger partial charge in [0.15, 0.2) is 0 Å². The number of aromatic nitrogens is 2. The summed E-state index contributed by atoms with van der Waals surface area (Å²) in [6, 6.07) is 11.7. The maximum atomic E-state index is 12.7. The highest BCUT2D eigenvalue weighted by Crippen LogP contribution is 2.42. The summed E-state index contributed by atoms with van der Waals surface area (Å²) in [5.74, 6) is 0.697. The summed E-state index contributed by atoms with van der Waals surface area (Å²) in [4.78, 5) is 19.8. The molecule has 0 unspecified atom stereocenters. The number of piperazine rings is 1. The molecule has 0 atom stereocenters. The monoisotopic (exact) mass is 362 g/mol. The van der Waals surface area contributed by atoms with Crippen LogP contribution in [0.4, 0.5) is 0 Å². The molecule has 5 rings (SSSR count). The lowest BCUT2D eigenvalue weighted by molar-refractivity contribution is 0.0965. The number of fused-ring (bicyclic) bond motifs is 4. The third kappa shape index (κ3) is 2.81. The minimum Gasteiger partial charge on any atom is -0.492 e. The van der Waals surface area contributed by atoms with Crippen LogP contribution in [0.3, 0.4) is 0 Å². The van der Waals surface area contributed by atoms with Gasteiger partial charge in [0.05, 0.1) is 23.4 Å². The Kier molecular flexibility index (Phi) is 4.14. The van der Waals surface area contributed by atoms with E-state index in [0.29, 0.717) is 12.3 Å². The van der Waals surface area contributed by atoms with Crippen LogP contribution in [0.5, 0.6) is 5.75 Å². The molecule has 6 nitrogen and oxygen atoms in total. The molecule has 0 amide bonds. The molecule has 1 fully saturated rings. The van der Waals surface area contributed by atoms with Crippen molar-refractivity contribution in [1.82, 2.24) is 19.8 Å². The van der Waals surface area contributed by atoms with Gasteiger partial charge in [0, 0.05) is 44.3 Å². The number of carbonyl (C=O) groups excluding carboxylic acids is 1. The zero-order valence-electron chi connectivity index (χ0n) is 15.1. The van der Waals surface area contributed by atoms with Crippen LogP contribution in [0.2, 0.25) is 0 Å². The van der Waals surface area contributed by atoms with Gasteiger partial charge in [0.1, 0.15) is 11.4 Å². The van der Waals surface area contributed by atoms with Crippen molar-refractivity contribution in [2.45, 2.75) is 6.42 Å². The molecule has 0 radical (unpaired) electrons. The van der Waals surface area contributed by atoms with Gasteiger partial charge in [-0.2, -0.15) is 0 Å². The first kappa shape index (κ1) is 16.5. The molecule has 1 saturated heterocycles. The van der Waals surface area contributed by atoms with Crippen LogP contribution >= 0.6 is 0 Å². The van der Waals surface area contributed by atoms with Crippen molar-refractivity contribution in [3.63, 3.8) is 0 Å². The minimum absolute atomic E-state index is 0.0820. The van der Waals surface area contributed by atoms with Crippen molar-refractivity contribution in [3.05, 3.63) is 48.3 Å². The highest BCUT2D eigenvalue weighted by Gasteiger charge is 2.32. The molecule has 138 valence electrons. The first-order valence-corrected chi connectivity index (χ1v) is 9.54. The zero-order valence-corrected chi connectivity index (χ0v) is 15.1. The number of benzene rings is 1. The number of carbonyl (C=O) groups is 1. The Balaban J connectivity index is 1.45. The minimum atomic E-state index is -0.0820. The van der Waals surface area contributed by atoms with Gasteiger partial charge in [-0.25, -0.2) is 4.98 Å². The first-order valence-electron chi connectivity index (χ1n) is 9.54. The van der Waals surface area contributed by atoms with Gasteiger partial charge >= 0.3 is 0 Å². The number of ether oxygens (including phenoxy) is 1. The Labute approximate surface area is 157 Å². The van der Waals surface area contributed by atoms with Gasteiger partial charge in [-0.05, 0) is 30.7 Å². The fraction of sp³-hybridized carbons (Fsp3) is 0.333. The average Bonchev–Trinajstić information content (AvgIpc) is 3.28. The van der Waals surface area contributed by atoms with E-state index in [2.05, 4.69) is 15.2 Å². The van der Waals surface area contributed by atoms with E-state index in [1.165, 1.54) is 0 Å². The molecule has 1 aromatic carbocycles. The number of pyridine rings is 1. The topological polar surface area (TPSA) is 59.4 Å².